The van der Waals surface area contributed by atoms with Gasteiger partial charge in [0, 0.05) is 6.04 Å². The number of hydrogen-bond donors (Lipinski definition) is 1. The van der Waals surface area contributed by atoms with Crippen LogP contribution in [0.2, 0.25) is 0 Å². The Bertz CT molecular complexity index is 417. The molecule has 0 amide bonds. The second-order valence-corrected chi connectivity index (χ2v) is 5.37. The van der Waals surface area contributed by atoms with Crippen LogP contribution in [0, 0.1) is 0 Å². The zero-order valence-corrected chi connectivity index (χ0v) is 13.3. The Morgan fingerprint density at radius 3 is 2.48 bits per heavy atom. The molecule has 0 aliphatic heterocycles. The average molecular weight is 293 g/mol. The Hall–Kier alpha value is -1.55. The highest BCUT2D eigenvalue weighted by Crippen LogP contribution is 2.16. The lowest BCUT2D eigenvalue weighted by atomic mass is 10.0. The minimum absolute atomic E-state index is 0.0343. The van der Waals surface area contributed by atoms with Crippen molar-refractivity contribution in [2.24, 2.45) is 0 Å². The highest BCUT2D eigenvalue weighted by Gasteiger charge is 2.18. The zero-order chi connectivity index (χ0) is 15.7. The summed E-state index contributed by atoms with van der Waals surface area (Å²) in [6.45, 7) is 5.69. The summed E-state index contributed by atoms with van der Waals surface area (Å²) in [5.74, 6) is 0.115. The molecule has 0 spiro atoms. The predicted octanol–water partition coefficient (Wildman–Crippen LogP) is 3.20. The van der Waals surface area contributed by atoms with E-state index in [2.05, 4.69) is 11.8 Å². The number of carboxylic acids is 1. The fraction of sp³-hybridized carbons (Fsp3) is 0.588. The molecule has 1 rings (SSSR count). The monoisotopic (exact) mass is 293 g/mol. The molecule has 21 heavy (non-hydrogen) atoms. The first-order valence-corrected chi connectivity index (χ1v) is 7.70. The van der Waals surface area contributed by atoms with Crippen LogP contribution in [0.4, 0.5) is 0 Å². The summed E-state index contributed by atoms with van der Waals surface area (Å²) in [6, 6.07) is 7.97. The molecule has 0 aromatic heterocycles. The van der Waals surface area contributed by atoms with Crippen LogP contribution in [-0.2, 0) is 11.2 Å². The van der Waals surface area contributed by atoms with Gasteiger partial charge in [0.15, 0.2) is 0 Å². The Kier molecular flexibility index (Phi) is 7.83. The van der Waals surface area contributed by atoms with Crippen LogP contribution < -0.4 is 4.74 Å². The lowest BCUT2D eigenvalue weighted by Crippen LogP contribution is -2.36. The first-order valence-electron chi connectivity index (χ1n) is 7.70. The summed E-state index contributed by atoms with van der Waals surface area (Å²) in [7, 11) is 2.01. The van der Waals surface area contributed by atoms with Gasteiger partial charge >= 0.3 is 5.97 Å². The maximum absolute atomic E-state index is 11.1. The van der Waals surface area contributed by atoms with Crippen molar-refractivity contribution in [2.75, 3.05) is 20.2 Å². The molecule has 0 saturated carbocycles. The summed E-state index contributed by atoms with van der Waals surface area (Å²) >= 11 is 0. The van der Waals surface area contributed by atoms with E-state index < -0.39 is 5.97 Å². The fourth-order valence-electron chi connectivity index (χ4n) is 2.34. The number of aliphatic carboxylic acids is 1. The summed E-state index contributed by atoms with van der Waals surface area (Å²) < 4.78 is 5.43. The largest absolute Gasteiger partial charge is 0.494 e. The number of hydrogen-bond acceptors (Lipinski definition) is 3. The number of likely N-dealkylation sites (N-methyl/N-ethyl adjacent to an activating group) is 1. The molecule has 1 N–H and O–H groups in total. The normalized spacial score (nSPS) is 12.4. The summed E-state index contributed by atoms with van der Waals surface area (Å²) in [6.07, 6.45) is 3.13. The molecule has 1 atom stereocenters. The van der Waals surface area contributed by atoms with Crippen molar-refractivity contribution in [3.8, 4) is 5.75 Å². The highest BCUT2D eigenvalue weighted by atomic mass is 16.5. The van der Waals surface area contributed by atoms with Crippen LogP contribution in [0.5, 0.6) is 5.75 Å². The molecule has 0 heterocycles. The number of rotatable bonds is 10. The SMILES string of the molecule is CCCCN(C)C(CC(=O)O)Cc1ccc(OCC)cc1. The molecule has 0 radical (unpaired) electrons. The Morgan fingerprint density at radius 1 is 1.29 bits per heavy atom. The van der Waals surface area contributed by atoms with E-state index in [9.17, 15) is 4.79 Å². The van der Waals surface area contributed by atoms with Gasteiger partial charge in [-0.05, 0) is 51.1 Å². The van der Waals surface area contributed by atoms with E-state index in [0.29, 0.717) is 6.61 Å². The van der Waals surface area contributed by atoms with Gasteiger partial charge in [0.2, 0.25) is 0 Å². The molecule has 0 aliphatic carbocycles. The topological polar surface area (TPSA) is 49.8 Å². The van der Waals surface area contributed by atoms with Crippen LogP contribution in [0.15, 0.2) is 24.3 Å². The van der Waals surface area contributed by atoms with Gasteiger partial charge in [0.25, 0.3) is 0 Å². The predicted molar refractivity (Wildman–Crippen MR) is 84.9 cm³/mol. The van der Waals surface area contributed by atoms with E-state index in [0.717, 1.165) is 37.1 Å². The Labute approximate surface area is 127 Å². The number of carboxylic acid groups (broad SMARTS) is 1. The lowest BCUT2D eigenvalue weighted by molar-refractivity contribution is -0.138. The molecule has 0 bridgehead atoms. The van der Waals surface area contributed by atoms with Crippen LogP contribution in [0.3, 0.4) is 0 Å². The molecule has 118 valence electrons. The fourth-order valence-corrected chi connectivity index (χ4v) is 2.34. The quantitative estimate of drug-likeness (QED) is 0.719. The van der Waals surface area contributed by atoms with Crippen molar-refractivity contribution >= 4 is 5.97 Å². The molecule has 0 aliphatic rings. The van der Waals surface area contributed by atoms with E-state index in [-0.39, 0.29) is 12.5 Å². The van der Waals surface area contributed by atoms with Crippen LogP contribution >= 0.6 is 0 Å². The van der Waals surface area contributed by atoms with Crippen LogP contribution in [0.1, 0.15) is 38.7 Å². The second kappa shape index (κ2) is 9.40. The number of unbranched alkanes of at least 4 members (excludes halogenated alkanes) is 1. The van der Waals surface area contributed by atoms with E-state index in [1.165, 1.54) is 0 Å². The van der Waals surface area contributed by atoms with Crippen molar-refractivity contribution in [1.82, 2.24) is 4.90 Å². The number of nitrogens with zero attached hydrogens (tertiary/aromatic N) is 1. The first kappa shape index (κ1) is 17.5. The minimum Gasteiger partial charge on any atom is -0.494 e. The van der Waals surface area contributed by atoms with E-state index in [1.54, 1.807) is 0 Å². The maximum atomic E-state index is 11.1. The van der Waals surface area contributed by atoms with Crippen molar-refractivity contribution in [2.45, 2.75) is 45.6 Å². The van der Waals surface area contributed by atoms with Gasteiger partial charge in [-0.3, -0.25) is 4.79 Å². The van der Waals surface area contributed by atoms with Crippen molar-refractivity contribution in [1.29, 1.82) is 0 Å². The van der Waals surface area contributed by atoms with Gasteiger partial charge in [-0.25, -0.2) is 0 Å². The van der Waals surface area contributed by atoms with E-state index in [4.69, 9.17) is 9.84 Å². The molecular formula is C17H27NO3. The average Bonchev–Trinajstić information content (AvgIpc) is 2.46. The summed E-state index contributed by atoms with van der Waals surface area (Å²) in [5.41, 5.74) is 1.15. The number of ether oxygens (including phenoxy) is 1. The van der Waals surface area contributed by atoms with Gasteiger partial charge in [-0.2, -0.15) is 0 Å². The minimum atomic E-state index is -0.741. The summed E-state index contributed by atoms with van der Waals surface area (Å²) in [4.78, 5) is 13.2. The third-order valence-corrected chi connectivity index (χ3v) is 3.60. The van der Waals surface area contributed by atoms with Crippen molar-refractivity contribution in [3.05, 3.63) is 29.8 Å². The third kappa shape index (κ3) is 6.63. The number of benzene rings is 1. The second-order valence-electron chi connectivity index (χ2n) is 5.37. The van der Waals surface area contributed by atoms with Gasteiger partial charge in [0.05, 0.1) is 13.0 Å². The molecular weight excluding hydrogens is 266 g/mol. The van der Waals surface area contributed by atoms with Gasteiger partial charge in [-0.1, -0.05) is 25.5 Å². The molecule has 1 unspecified atom stereocenters. The molecule has 0 fully saturated rings. The lowest BCUT2D eigenvalue weighted by Gasteiger charge is -2.27. The molecule has 4 heteroatoms. The van der Waals surface area contributed by atoms with Gasteiger partial charge in [-0.15, -0.1) is 0 Å². The van der Waals surface area contributed by atoms with E-state index in [1.807, 2.05) is 38.2 Å². The smallest absolute Gasteiger partial charge is 0.304 e. The number of carbonyl (C=O) groups is 1. The van der Waals surface area contributed by atoms with Gasteiger partial charge < -0.3 is 14.7 Å². The first-order chi connectivity index (χ1) is 10.1. The van der Waals surface area contributed by atoms with E-state index >= 15 is 0 Å². The summed E-state index contributed by atoms with van der Waals surface area (Å²) in [5, 5.41) is 9.10. The van der Waals surface area contributed by atoms with Crippen molar-refractivity contribution in [3.63, 3.8) is 0 Å². The molecule has 0 saturated heterocycles. The highest BCUT2D eigenvalue weighted by molar-refractivity contribution is 5.67. The Morgan fingerprint density at radius 2 is 1.95 bits per heavy atom. The van der Waals surface area contributed by atoms with Gasteiger partial charge in [0.1, 0.15) is 5.75 Å². The molecule has 4 nitrogen and oxygen atoms in total. The van der Waals surface area contributed by atoms with Crippen LogP contribution in [0.25, 0.3) is 0 Å². The molecule has 1 aromatic carbocycles. The Balaban J connectivity index is 2.68. The third-order valence-electron chi connectivity index (χ3n) is 3.60. The zero-order valence-electron chi connectivity index (χ0n) is 13.3. The maximum Gasteiger partial charge on any atom is 0.304 e. The molecule has 1 aromatic rings. The standard InChI is InChI=1S/C17H27NO3/c1-4-6-11-18(3)15(13-17(19)20)12-14-7-9-16(10-8-14)21-5-2/h7-10,15H,4-6,11-13H2,1-3H3,(H,19,20). The van der Waals surface area contributed by atoms with Crippen molar-refractivity contribution < 1.29 is 14.6 Å². The van der Waals surface area contributed by atoms with Crippen LogP contribution in [-0.4, -0.2) is 42.2 Å².